The highest BCUT2D eigenvalue weighted by Gasteiger charge is 2.18. The molecule has 1 aliphatic heterocycles. The smallest absolute Gasteiger partial charge is 0.213 e. The molecule has 0 unspecified atom stereocenters. The van der Waals surface area contributed by atoms with Gasteiger partial charge in [0.05, 0.1) is 12.2 Å². The quantitative estimate of drug-likeness (QED) is 0.500. The van der Waals surface area contributed by atoms with Gasteiger partial charge in [-0.25, -0.2) is 9.37 Å². The average molecular weight is 407 g/mol. The van der Waals surface area contributed by atoms with Crippen LogP contribution in [0.5, 0.6) is 5.88 Å². The predicted octanol–water partition coefficient (Wildman–Crippen LogP) is 3.55. The number of aromatic nitrogens is 5. The Morgan fingerprint density at radius 3 is 2.73 bits per heavy atom. The van der Waals surface area contributed by atoms with Gasteiger partial charge < -0.3 is 18.6 Å². The third-order valence-electron chi connectivity index (χ3n) is 4.98. The fourth-order valence-corrected chi connectivity index (χ4v) is 3.35. The summed E-state index contributed by atoms with van der Waals surface area (Å²) in [6.45, 7) is 3.87. The van der Waals surface area contributed by atoms with Gasteiger partial charge in [0.25, 0.3) is 0 Å². The number of fused-ring (bicyclic) bond motifs is 1. The maximum absolute atomic E-state index is 13.2. The molecule has 0 saturated heterocycles. The molecule has 0 atom stereocenters. The topological polar surface area (TPSA) is 88.1 Å². The molecule has 9 heteroatoms. The Balaban J connectivity index is 1.33. The van der Waals surface area contributed by atoms with Gasteiger partial charge in [0.15, 0.2) is 11.6 Å². The zero-order valence-electron chi connectivity index (χ0n) is 16.2. The first kappa shape index (κ1) is 18.4. The fraction of sp³-hybridized carbons (Fsp3) is 0.238. The van der Waals surface area contributed by atoms with Crippen LogP contribution < -0.4 is 4.74 Å². The van der Waals surface area contributed by atoms with E-state index >= 15 is 0 Å². The minimum atomic E-state index is -0.303. The molecule has 152 valence electrons. The number of rotatable bonds is 5. The molecule has 30 heavy (non-hydrogen) atoms. The summed E-state index contributed by atoms with van der Waals surface area (Å²) < 4.78 is 31.8. The van der Waals surface area contributed by atoms with Gasteiger partial charge >= 0.3 is 0 Å². The summed E-state index contributed by atoms with van der Waals surface area (Å²) in [6.07, 6.45) is 1.71. The molecule has 0 radical (unpaired) electrons. The van der Waals surface area contributed by atoms with Crippen LogP contribution >= 0.6 is 0 Å². The molecule has 1 aromatic carbocycles. The number of hydrogen-bond acceptors (Lipinski definition) is 7. The molecule has 8 nitrogen and oxygen atoms in total. The molecule has 0 amide bonds. The Morgan fingerprint density at radius 1 is 1.10 bits per heavy atom. The van der Waals surface area contributed by atoms with Gasteiger partial charge in [-0.15, -0.1) is 10.2 Å². The number of benzene rings is 1. The zero-order valence-corrected chi connectivity index (χ0v) is 16.2. The van der Waals surface area contributed by atoms with Gasteiger partial charge in [0.1, 0.15) is 30.5 Å². The molecule has 4 heterocycles. The van der Waals surface area contributed by atoms with E-state index in [4.69, 9.17) is 14.0 Å². The van der Waals surface area contributed by atoms with Crippen LogP contribution in [0.25, 0.3) is 22.6 Å². The summed E-state index contributed by atoms with van der Waals surface area (Å²) in [5, 5.41) is 12.5. The van der Waals surface area contributed by atoms with Crippen LogP contribution in [0, 0.1) is 12.7 Å². The highest BCUT2D eigenvalue weighted by Crippen LogP contribution is 2.27. The first-order valence-corrected chi connectivity index (χ1v) is 9.49. The second kappa shape index (κ2) is 7.68. The maximum Gasteiger partial charge on any atom is 0.213 e. The molecule has 0 fully saturated rings. The lowest BCUT2D eigenvalue weighted by Gasteiger charge is -2.15. The molecule has 1 aliphatic rings. The SMILES string of the molecule is Cc1onc(-c2ccc(F)cc2)c1COc1ccc(-c2nnc3n2CCOC3)cn1. The van der Waals surface area contributed by atoms with Crippen LogP contribution in [0.3, 0.4) is 0 Å². The summed E-state index contributed by atoms with van der Waals surface area (Å²) >= 11 is 0. The van der Waals surface area contributed by atoms with Crippen LogP contribution in [0.4, 0.5) is 4.39 Å². The Labute approximate surface area is 171 Å². The van der Waals surface area contributed by atoms with Crippen LogP contribution in [0.15, 0.2) is 47.1 Å². The van der Waals surface area contributed by atoms with Crippen LogP contribution in [-0.2, 0) is 24.5 Å². The molecule has 0 saturated carbocycles. The van der Waals surface area contributed by atoms with Crippen molar-refractivity contribution in [2.75, 3.05) is 6.61 Å². The number of pyridine rings is 1. The number of hydrogen-bond donors (Lipinski definition) is 0. The summed E-state index contributed by atoms with van der Waals surface area (Å²) in [6, 6.07) is 9.78. The van der Waals surface area contributed by atoms with Crippen molar-refractivity contribution in [3.05, 3.63) is 65.6 Å². The number of aryl methyl sites for hydroxylation is 1. The van der Waals surface area contributed by atoms with Gasteiger partial charge in [-0.2, -0.15) is 0 Å². The third kappa shape index (κ3) is 3.43. The molecule has 4 aromatic rings. The molecule has 0 spiro atoms. The summed E-state index contributed by atoms with van der Waals surface area (Å²) in [7, 11) is 0. The van der Waals surface area contributed by atoms with E-state index in [1.807, 2.05) is 17.6 Å². The van der Waals surface area contributed by atoms with E-state index in [-0.39, 0.29) is 12.4 Å². The Morgan fingerprint density at radius 2 is 1.93 bits per heavy atom. The predicted molar refractivity (Wildman–Crippen MR) is 104 cm³/mol. The van der Waals surface area contributed by atoms with Crippen molar-refractivity contribution in [1.29, 1.82) is 0 Å². The second-order valence-electron chi connectivity index (χ2n) is 6.89. The monoisotopic (exact) mass is 407 g/mol. The lowest BCUT2D eigenvalue weighted by molar-refractivity contribution is 0.0820. The number of ether oxygens (including phenoxy) is 2. The Hall–Kier alpha value is -3.59. The van der Waals surface area contributed by atoms with Crippen LogP contribution in [0.2, 0.25) is 0 Å². The van der Waals surface area contributed by atoms with E-state index in [1.54, 1.807) is 24.4 Å². The number of halogens is 1. The first-order chi connectivity index (χ1) is 14.7. The highest BCUT2D eigenvalue weighted by molar-refractivity contribution is 5.63. The molecule has 0 aliphatic carbocycles. The molecular formula is C21H18FN5O3. The summed E-state index contributed by atoms with van der Waals surface area (Å²) in [4.78, 5) is 4.39. The Bertz CT molecular complexity index is 1170. The van der Waals surface area contributed by atoms with Crippen LogP contribution in [-0.4, -0.2) is 31.5 Å². The normalized spacial score (nSPS) is 13.3. The largest absolute Gasteiger partial charge is 0.473 e. The molecule has 0 bridgehead atoms. The van der Waals surface area contributed by atoms with Gasteiger partial charge in [0.2, 0.25) is 5.88 Å². The molecule has 3 aromatic heterocycles. The van der Waals surface area contributed by atoms with Crippen molar-refractivity contribution >= 4 is 0 Å². The summed E-state index contributed by atoms with van der Waals surface area (Å²) in [5.41, 5.74) is 3.03. The Kier molecular flexibility index (Phi) is 4.72. The van der Waals surface area contributed by atoms with E-state index in [2.05, 4.69) is 20.3 Å². The van der Waals surface area contributed by atoms with E-state index in [9.17, 15) is 4.39 Å². The lowest BCUT2D eigenvalue weighted by Crippen LogP contribution is -2.17. The maximum atomic E-state index is 13.2. The van der Waals surface area contributed by atoms with Crippen molar-refractivity contribution in [2.45, 2.75) is 26.7 Å². The van der Waals surface area contributed by atoms with Crippen molar-refractivity contribution < 1.29 is 18.4 Å². The third-order valence-corrected chi connectivity index (χ3v) is 4.98. The second-order valence-corrected chi connectivity index (χ2v) is 6.89. The van der Waals surface area contributed by atoms with E-state index in [0.29, 0.717) is 30.5 Å². The minimum absolute atomic E-state index is 0.228. The molecular weight excluding hydrogens is 389 g/mol. The van der Waals surface area contributed by atoms with Crippen molar-refractivity contribution in [3.8, 4) is 28.5 Å². The standard InChI is InChI=1S/C21H18FN5O3/c1-13-17(20(26-30-13)14-2-5-16(22)6-3-14)11-29-19-7-4-15(10-23-19)21-25-24-18-12-28-9-8-27(18)21/h2-7,10H,8-9,11-12H2,1H3. The summed E-state index contributed by atoms with van der Waals surface area (Å²) in [5.74, 6) is 2.38. The number of nitrogens with zero attached hydrogens (tertiary/aromatic N) is 5. The fourth-order valence-electron chi connectivity index (χ4n) is 3.35. The van der Waals surface area contributed by atoms with Gasteiger partial charge in [-0.05, 0) is 37.3 Å². The van der Waals surface area contributed by atoms with Crippen molar-refractivity contribution in [1.82, 2.24) is 24.9 Å². The van der Waals surface area contributed by atoms with E-state index in [1.165, 1.54) is 12.1 Å². The van der Waals surface area contributed by atoms with E-state index < -0.39 is 0 Å². The van der Waals surface area contributed by atoms with Crippen molar-refractivity contribution in [2.24, 2.45) is 0 Å². The van der Waals surface area contributed by atoms with Gasteiger partial charge in [0, 0.05) is 29.9 Å². The van der Waals surface area contributed by atoms with Gasteiger partial charge in [-0.3, -0.25) is 0 Å². The lowest BCUT2D eigenvalue weighted by atomic mass is 10.1. The van der Waals surface area contributed by atoms with Crippen molar-refractivity contribution in [3.63, 3.8) is 0 Å². The molecule has 0 N–H and O–H groups in total. The van der Waals surface area contributed by atoms with Gasteiger partial charge in [-0.1, -0.05) is 5.16 Å². The minimum Gasteiger partial charge on any atom is -0.473 e. The zero-order chi connectivity index (χ0) is 20.5. The highest BCUT2D eigenvalue weighted by atomic mass is 19.1. The average Bonchev–Trinajstić information content (AvgIpc) is 3.37. The van der Waals surface area contributed by atoms with Crippen LogP contribution in [0.1, 0.15) is 17.1 Å². The first-order valence-electron chi connectivity index (χ1n) is 9.49. The van der Waals surface area contributed by atoms with E-state index in [0.717, 1.165) is 34.9 Å². The molecule has 5 rings (SSSR count).